The van der Waals surface area contributed by atoms with Crippen LogP contribution in [0.15, 0.2) is 18.2 Å². The maximum atomic E-state index is 13.5. The van der Waals surface area contributed by atoms with Crippen molar-refractivity contribution < 1.29 is 19.1 Å². The van der Waals surface area contributed by atoms with Crippen molar-refractivity contribution >= 4 is 17.6 Å². The lowest BCUT2D eigenvalue weighted by atomic mass is 9.96. The number of likely N-dealkylation sites (N-methyl/N-ethyl adjacent to an activating group) is 1. The maximum Gasteiger partial charge on any atom is 0.319 e. The van der Waals surface area contributed by atoms with Crippen molar-refractivity contribution in [1.29, 1.82) is 0 Å². The van der Waals surface area contributed by atoms with Crippen LogP contribution in [0.5, 0.6) is 5.75 Å². The molecule has 1 fully saturated rings. The molecule has 3 atom stereocenters. The van der Waals surface area contributed by atoms with Gasteiger partial charge in [0.25, 0.3) is 5.91 Å². The minimum atomic E-state index is -0.233. The number of nitrogens with zero attached hydrogens (tertiary/aromatic N) is 2. The number of anilines is 1. The van der Waals surface area contributed by atoms with Crippen molar-refractivity contribution in [1.82, 2.24) is 15.1 Å². The first-order chi connectivity index (χ1) is 16.8. The Morgan fingerprint density at radius 2 is 1.91 bits per heavy atom. The molecule has 1 saturated carbocycles. The lowest BCUT2D eigenvalue weighted by molar-refractivity contribution is 0.0108. The summed E-state index contributed by atoms with van der Waals surface area (Å²) in [7, 11) is 3.50. The van der Waals surface area contributed by atoms with E-state index >= 15 is 0 Å². The van der Waals surface area contributed by atoms with E-state index in [0.29, 0.717) is 30.2 Å². The zero-order valence-electron chi connectivity index (χ0n) is 22.1. The Bertz CT molecular complexity index is 842. The number of hydrogen-bond acceptors (Lipinski definition) is 5. The molecule has 1 aliphatic heterocycles. The van der Waals surface area contributed by atoms with Crippen molar-refractivity contribution in [2.24, 2.45) is 5.92 Å². The second-order valence-electron chi connectivity index (χ2n) is 10.2. The third-order valence-corrected chi connectivity index (χ3v) is 7.28. The summed E-state index contributed by atoms with van der Waals surface area (Å²) in [4.78, 5) is 30.2. The highest BCUT2D eigenvalue weighted by molar-refractivity contribution is 5.99. The van der Waals surface area contributed by atoms with Crippen LogP contribution in [-0.4, -0.2) is 80.3 Å². The van der Waals surface area contributed by atoms with Gasteiger partial charge in [-0.1, -0.05) is 33.1 Å². The van der Waals surface area contributed by atoms with E-state index in [9.17, 15) is 9.59 Å². The van der Waals surface area contributed by atoms with E-state index < -0.39 is 0 Å². The molecule has 196 valence electrons. The van der Waals surface area contributed by atoms with Gasteiger partial charge < -0.3 is 25.0 Å². The van der Waals surface area contributed by atoms with Crippen molar-refractivity contribution in [2.45, 2.75) is 77.5 Å². The molecular formula is C27H44N4O4. The van der Waals surface area contributed by atoms with Gasteiger partial charge in [-0.15, -0.1) is 0 Å². The predicted octanol–water partition coefficient (Wildman–Crippen LogP) is 4.36. The van der Waals surface area contributed by atoms with Crippen molar-refractivity contribution in [2.75, 3.05) is 45.7 Å². The molecular weight excluding hydrogens is 444 g/mol. The molecule has 0 bridgehead atoms. The van der Waals surface area contributed by atoms with Gasteiger partial charge in [0.05, 0.1) is 11.7 Å². The number of hydrogen-bond donors (Lipinski definition) is 2. The van der Waals surface area contributed by atoms with Crippen molar-refractivity contribution in [3.63, 3.8) is 0 Å². The molecule has 8 nitrogen and oxygen atoms in total. The number of amides is 3. The molecule has 8 heteroatoms. The van der Waals surface area contributed by atoms with E-state index in [0.717, 1.165) is 45.2 Å². The fourth-order valence-electron chi connectivity index (χ4n) is 5.13. The Balaban J connectivity index is 1.82. The summed E-state index contributed by atoms with van der Waals surface area (Å²) in [6, 6.07) is 5.48. The summed E-state index contributed by atoms with van der Waals surface area (Å²) in [5.74, 6) is 0.634. The number of nitrogens with one attached hydrogen (secondary N) is 2. The molecule has 1 aromatic carbocycles. The predicted molar refractivity (Wildman–Crippen MR) is 139 cm³/mol. The topological polar surface area (TPSA) is 83.1 Å². The van der Waals surface area contributed by atoms with Crippen LogP contribution in [0.2, 0.25) is 0 Å². The first kappa shape index (κ1) is 27.3. The molecule has 0 saturated heterocycles. The largest absolute Gasteiger partial charge is 0.491 e. The molecule has 1 aliphatic carbocycles. The quantitative estimate of drug-likeness (QED) is 0.644. The summed E-state index contributed by atoms with van der Waals surface area (Å²) in [5.41, 5.74) is 1.02. The summed E-state index contributed by atoms with van der Waals surface area (Å²) in [5, 5.41) is 5.98. The van der Waals surface area contributed by atoms with Crippen molar-refractivity contribution in [3.8, 4) is 5.75 Å². The van der Waals surface area contributed by atoms with Gasteiger partial charge in [0.2, 0.25) is 0 Å². The Morgan fingerprint density at radius 3 is 2.60 bits per heavy atom. The molecule has 0 radical (unpaired) electrons. The van der Waals surface area contributed by atoms with E-state index in [-0.39, 0.29) is 36.0 Å². The van der Waals surface area contributed by atoms with E-state index in [2.05, 4.69) is 36.3 Å². The van der Waals surface area contributed by atoms with Gasteiger partial charge in [-0.3, -0.25) is 9.69 Å². The second kappa shape index (κ2) is 13.1. The van der Waals surface area contributed by atoms with Crippen LogP contribution >= 0.6 is 0 Å². The van der Waals surface area contributed by atoms with Gasteiger partial charge in [0, 0.05) is 45.0 Å². The fourth-order valence-corrected chi connectivity index (χ4v) is 5.13. The standard InChI is InChI=1S/C27H44N4O4/c1-6-14-31-16-19(2)25(34-5)17-30(4)26(32)23-15-22(12-13-24(23)35-18-20(31)3)29-27(33)28-21-10-8-7-9-11-21/h12-13,15,19-21,25H,6-11,14,16-18H2,1-5H3,(H2,28,29,33)/t19-,20+,25-/m1/s1. The highest BCUT2D eigenvalue weighted by Gasteiger charge is 2.28. The van der Waals surface area contributed by atoms with Gasteiger partial charge in [0.1, 0.15) is 12.4 Å². The van der Waals surface area contributed by atoms with Crippen molar-refractivity contribution in [3.05, 3.63) is 23.8 Å². The van der Waals surface area contributed by atoms with E-state index in [1.165, 1.54) is 6.42 Å². The highest BCUT2D eigenvalue weighted by atomic mass is 16.5. The number of rotatable bonds is 5. The Morgan fingerprint density at radius 1 is 1.17 bits per heavy atom. The molecule has 0 unspecified atom stereocenters. The van der Waals surface area contributed by atoms with Crippen LogP contribution in [0, 0.1) is 5.92 Å². The summed E-state index contributed by atoms with van der Waals surface area (Å²) < 4.78 is 12.0. The van der Waals surface area contributed by atoms with E-state index in [4.69, 9.17) is 9.47 Å². The van der Waals surface area contributed by atoms with Gasteiger partial charge in [-0.25, -0.2) is 4.79 Å². The first-order valence-electron chi connectivity index (χ1n) is 13.2. The zero-order chi connectivity index (χ0) is 25.4. The molecule has 3 rings (SSSR count). The molecule has 0 aromatic heterocycles. The smallest absolute Gasteiger partial charge is 0.319 e. The molecule has 1 aromatic rings. The van der Waals surface area contributed by atoms with Crippen LogP contribution in [-0.2, 0) is 4.74 Å². The lowest BCUT2D eigenvalue weighted by Gasteiger charge is -2.35. The van der Waals surface area contributed by atoms with Crippen LogP contribution < -0.4 is 15.4 Å². The highest BCUT2D eigenvalue weighted by Crippen LogP contribution is 2.27. The summed E-state index contributed by atoms with van der Waals surface area (Å²) in [6.07, 6.45) is 6.54. The minimum Gasteiger partial charge on any atom is -0.491 e. The number of methoxy groups -OCH3 is 1. The minimum absolute atomic E-state index is 0.0816. The molecule has 1 heterocycles. The monoisotopic (exact) mass is 488 g/mol. The SMILES string of the molecule is CCCN1C[C@@H](C)[C@H](OC)CN(C)C(=O)c2cc(NC(=O)NC3CCCCC3)ccc2OC[C@@H]1C. The van der Waals surface area contributed by atoms with Crippen LogP contribution in [0.4, 0.5) is 10.5 Å². The number of fused-ring (bicyclic) bond motifs is 1. The number of carbonyl (C=O) groups is 2. The molecule has 35 heavy (non-hydrogen) atoms. The van der Waals surface area contributed by atoms with Crippen LogP contribution in [0.3, 0.4) is 0 Å². The fraction of sp³-hybridized carbons (Fsp3) is 0.704. The van der Waals surface area contributed by atoms with Gasteiger partial charge in [-0.2, -0.15) is 0 Å². The van der Waals surface area contributed by atoms with Crippen LogP contribution in [0.1, 0.15) is 69.7 Å². The van der Waals surface area contributed by atoms with Gasteiger partial charge in [-0.05, 0) is 56.8 Å². The van der Waals surface area contributed by atoms with E-state index in [1.54, 1.807) is 37.3 Å². The summed E-state index contributed by atoms with van der Waals surface area (Å²) >= 11 is 0. The third-order valence-electron chi connectivity index (χ3n) is 7.28. The Labute approximate surface area is 210 Å². The number of benzene rings is 1. The van der Waals surface area contributed by atoms with Gasteiger partial charge in [0.15, 0.2) is 0 Å². The zero-order valence-corrected chi connectivity index (χ0v) is 22.1. The number of urea groups is 1. The summed E-state index contributed by atoms with van der Waals surface area (Å²) in [6.45, 7) is 9.33. The number of ether oxygens (including phenoxy) is 2. The molecule has 2 aliphatic rings. The third kappa shape index (κ3) is 7.58. The number of carbonyl (C=O) groups excluding carboxylic acids is 2. The second-order valence-corrected chi connectivity index (χ2v) is 10.2. The Hall–Kier alpha value is -2.32. The molecule has 0 spiro atoms. The normalized spacial score (nSPS) is 25.1. The van der Waals surface area contributed by atoms with Gasteiger partial charge >= 0.3 is 6.03 Å². The first-order valence-corrected chi connectivity index (χ1v) is 13.2. The average Bonchev–Trinajstić information content (AvgIpc) is 2.85. The average molecular weight is 489 g/mol. The van der Waals surface area contributed by atoms with E-state index in [1.807, 2.05) is 0 Å². The Kier molecular flexibility index (Phi) is 10.2. The van der Waals surface area contributed by atoms with Crippen LogP contribution in [0.25, 0.3) is 0 Å². The maximum absolute atomic E-state index is 13.5. The lowest BCUT2D eigenvalue weighted by Crippen LogP contribution is -2.46. The molecule has 3 amide bonds. The molecule has 2 N–H and O–H groups in total.